The van der Waals surface area contributed by atoms with E-state index in [-0.39, 0.29) is 10.8 Å². The summed E-state index contributed by atoms with van der Waals surface area (Å²) in [6.45, 7) is 9.45. The molecule has 0 radical (unpaired) electrons. The van der Waals surface area contributed by atoms with Gasteiger partial charge in [0.15, 0.2) is 8.07 Å². The largest absolute Gasteiger partial charge is 0.457 e. The highest BCUT2D eigenvalue weighted by Gasteiger charge is 2.50. The maximum Gasteiger partial charge on any atom is 0.221 e. The monoisotopic (exact) mass is 716 g/mol. The molecule has 0 fully saturated rings. The molecular formula is C48H40N4OSi. The van der Waals surface area contributed by atoms with E-state index in [1.54, 1.807) is 0 Å². The maximum absolute atomic E-state index is 7.33. The Hall–Kier alpha value is -6.24. The normalized spacial score (nSPS) is 14.7. The third kappa shape index (κ3) is 4.44. The summed E-state index contributed by atoms with van der Waals surface area (Å²) in [6, 6.07) is 59.0. The van der Waals surface area contributed by atoms with Gasteiger partial charge in [0.05, 0.1) is 22.1 Å². The zero-order chi connectivity index (χ0) is 36.7. The standard InChI is InChI=1S/C48H40N4OSi/c1-47(2)36-22-11-16-28-42(36)53-45-37(48(47,3)4)23-17-29-43(45)54(33-18-7-5-8-19-33,34-20-9-6-10-21-34)35-30-31-49-44(32-35)52-41-27-15-14-26-40(41)51-39-25-13-12-24-38(39)50-46(51)52/h5-32H,1-4H3. The van der Waals surface area contributed by atoms with Crippen LogP contribution in [0.15, 0.2) is 170 Å². The molecule has 0 bridgehead atoms. The average molecular weight is 717 g/mol. The van der Waals surface area contributed by atoms with Gasteiger partial charge in [-0.05, 0) is 63.2 Å². The lowest BCUT2D eigenvalue weighted by Crippen LogP contribution is -2.75. The first kappa shape index (κ1) is 32.4. The Morgan fingerprint density at radius 2 is 1.13 bits per heavy atom. The Balaban J connectivity index is 1.32. The van der Waals surface area contributed by atoms with E-state index < -0.39 is 8.07 Å². The lowest BCUT2D eigenvalue weighted by molar-refractivity contribution is 0.306. The molecule has 262 valence electrons. The molecule has 0 amide bonds. The number of nitrogens with zero attached hydrogens (tertiary/aromatic N) is 4. The molecule has 54 heavy (non-hydrogen) atoms. The van der Waals surface area contributed by atoms with Gasteiger partial charge in [-0.3, -0.25) is 8.97 Å². The Morgan fingerprint density at radius 3 is 1.87 bits per heavy atom. The number of hydrogen-bond acceptors (Lipinski definition) is 3. The van der Waals surface area contributed by atoms with E-state index in [0.29, 0.717) is 0 Å². The molecule has 0 N–H and O–H groups in total. The van der Waals surface area contributed by atoms with E-state index in [1.807, 2.05) is 12.3 Å². The number of benzene rings is 6. The molecule has 6 aromatic carbocycles. The second-order valence-electron chi connectivity index (χ2n) is 15.5. The van der Waals surface area contributed by atoms with E-state index >= 15 is 0 Å². The number of rotatable bonds is 5. The van der Waals surface area contributed by atoms with Crippen molar-refractivity contribution in [3.63, 3.8) is 0 Å². The molecule has 1 aliphatic rings. The zero-order valence-corrected chi connectivity index (χ0v) is 31.9. The maximum atomic E-state index is 7.33. The van der Waals surface area contributed by atoms with Crippen molar-refractivity contribution in [1.82, 2.24) is 18.9 Å². The number of hydrogen-bond donors (Lipinski definition) is 0. The average Bonchev–Trinajstić information content (AvgIpc) is 3.72. The molecule has 0 aliphatic carbocycles. The summed E-state index contributed by atoms with van der Waals surface area (Å²) in [4.78, 5) is 10.3. The van der Waals surface area contributed by atoms with E-state index in [2.05, 4.69) is 194 Å². The van der Waals surface area contributed by atoms with Gasteiger partial charge in [-0.25, -0.2) is 9.97 Å². The van der Waals surface area contributed by atoms with Crippen LogP contribution in [0.4, 0.5) is 0 Å². The third-order valence-corrected chi connectivity index (χ3v) is 17.1. The Kier molecular flexibility index (Phi) is 7.13. The van der Waals surface area contributed by atoms with Crippen LogP contribution in [0.1, 0.15) is 38.8 Å². The van der Waals surface area contributed by atoms with Crippen molar-refractivity contribution in [2.24, 2.45) is 0 Å². The van der Waals surface area contributed by atoms with Crippen molar-refractivity contribution >= 4 is 56.7 Å². The number of pyridine rings is 1. The van der Waals surface area contributed by atoms with Crippen LogP contribution in [0.5, 0.6) is 11.5 Å². The Bertz CT molecular complexity index is 2830. The zero-order valence-electron chi connectivity index (χ0n) is 30.9. The predicted octanol–water partition coefficient (Wildman–Crippen LogP) is 8.56. The summed E-state index contributed by atoms with van der Waals surface area (Å²) in [5.74, 6) is 3.53. The fourth-order valence-electron chi connectivity index (χ4n) is 8.98. The third-order valence-electron chi connectivity index (χ3n) is 12.4. The lowest BCUT2D eigenvalue weighted by atomic mass is 9.61. The van der Waals surface area contributed by atoms with E-state index in [0.717, 1.165) is 45.2 Å². The highest BCUT2D eigenvalue weighted by atomic mass is 28.3. The first-order chi connectivity index (χ1) is 26.3. The number of fused-ring (bicyclic) bond motifs is 7. The van der Waals surface area contributed by atoms with Gasteiger partial charge < -0.3 is 4.74 Å². The van der Waals surface area contributed by atoms with E-state index in [9.17, 15) is 0 Å². The summed E-state index contributed by atoms with van der Waals surface area (Å²) in [6.07, 6.45) is 1.98. The fraction of sp³-hybridized carbons (Fsp3) is 0.125. The topological polar surface area (TPSA) is 44.4 Å². The van der Waals surface area contributed by atoms with Crippen LogP contribution in [0.2, 0.25) is 0 Å². The number of aromatic nitrogens is 4. The minimum Gasteiger partial charge on any atom is -0.457 e. The minimum absolute atomic E-state index is 0.213. The summed E-state index contributed by atoms with van der Waals surface area (Å²) >= 11 is 0. The van der Waals surface area contributed by atoms with Crippen molar-refractivity contribution in [2.75, 3.05) is 0 Å². The molecule has 0 spiro atoms. The van der Waals surface area contributed by atoms with Crippen LogP contribution >= 0.6 is 0 Å². The molecule has 1 aliphatic heterocycles. The van der Waals surface area contributed by atoms with Crippen LogP contribution in [0.3, 0.4) is 0 Å². The number of para-hydroxylation sites is 6. The van der Waals surface area contributed by atoms with Crippen LogP contribution in [0.25, 0.3) is 33.7 Å². The Labute approximate surface area is 316 Å². The molecule has 10 rings (SSSR count). The molecule has 5 nitrogen and oxygen atoms in total. The molecule has 0 atom stereocenters. The van der Waals surface area contributed by atoms with Crippen molar-refractivity contribution in [3.05, 3.63) is 181 Å². The highest BCUT2D eigenvalue weighted by Crippen LogP contribution is 2.52. The molecule has 0 saturated heterocycles. The summed E-state index contributed by atoms with van der Waals surface area (Å²) in [5.41, 5.74) is 6.12. The predicted molar refractivity (Wildman–Crippen MR) is 224 cm³/mol. The van der Waals surface area contributed by atoms with Crippen LogP contribution in [0, 0.1) is 0 Å². The van der Waals surface area contributed by atoms with Gasteiger partial charge in [0.2, 0.25) is 5.78 Å². The summed E-state index contributed by atoms with van der Waals surface area (Å²) in [5, 5.41) is 4.97. The van der Waals surface area contributed by atoms with Gasteiger partial charge >= 0.3 is 0 Å². The van der Waals surface area contributed by atoms with Gasteiger partial charge in [-0.1, -0.05) is 149 Å². The van der Waals surface area contributed by atoms with Gasteiger partial charge in [-0.15, -0.1) is 0 Å². The Morgan fingerprint density at radius 1 is 0.537 bits per heavy atom. The molecule has 3 aromatic heterocycles. The summed E-state index contributed by atoms with van der Waals surface area (Å²) in [7, 11) is -3.15. The van der Waals surface area contributed by atoms with Crippen molar-refractivity contribution < 1.29 is 4.74 Å². The van der Waals surface area contributed by atoms with Crippen molar-refractivity contribution in [2.45, 2.75) is 38.5 Å². The van der Waals surface area contributed by atoms with E-state index in [1.165, 1.54) is 31.9 Å². The number of ether oxygens (including phenoxy) is 1. The quantitative estimate of drug-likeness (QED) is 0.133. The SMILES string of the molecule is CC1(C)c2ccccc2Oc2c(cccc2[Si](c2ccccc2)(c2ccccc2)c2ccnc(-n3c4ccccc4n4c5ccccc5nc34)c2)C1(C)C. The molecule has 6 heteroatoms. The van der Waals surface area contributed by atoms with Gasteiger partial charge in [0.1, 0.15) is 17.3 Å². The smallest absolute Gasteiger partial charge is 0.221 e. The fourth-order valence-corrected chi connectivity index (χ4v) is 13.8. The molecule has 9 aromatic rings. The first-order valence-corrected chi connectivity index (χ1v) is 20.7. The molecule has 0 unspecified atom stereocenters. The van der Waals surface area contributed by atoms with Gasteiger partial charge in [0, 0.05) is 28.2 Å². The minimum atomic E-state index is -3.15. The second-order valence-corrected chi connectivity index (χ2v) is 19.2. The summed E-state index contributed by atoms with van der Waals surface area (Å²) < 4.78 is 11.8. The molecular weight excluding hydrogens is 677 g/mol. The lowest BCUT2D eigenvalue weighted by Gasteiger charge is -2.42. The van der Waals surface area contributed by atoms with Crippen molar-refractivity contribution in [1.29, 1.82) is 0 Å². The molecule has 4 heterocycles. The van der Waals surface area contributed by atoms with Crippen LogP contribution < -0.4 is 25.5 Å². The van der Waals surface area contributed by atoms with E-state index in [4.69, 9.17) is 14.7 Å². The van der Waals surface area contributed by atoms with Gasteiger partial charge in [0.25, 0.3) is 0 Å². The van der Waals surface area contributed by atoms with Gasteiger partial charge in [-0.2, -0.15) is 0 Å². The second kappa shape index (κ2) is 11.9. The highest BCUT2D eigenvalue weighted by molar-refractivity contribution is 7.20. The molecule has 0 saturated carbocycles. The van der Waals surface area contributed by atoms with Crippen LogP contribution in [-0.2, 0) is 10.8 Å². The first-order valence-electron chi connectivity index (χ1n) is 18.7. The van der Waals surface area contributed by atoms with Crippen LogP contribution in [-0.4, -0.2) is 27.0 Å². The van der Waals surface area contributed by atoms with Crippen molar-refractivity contribution in [3.8, 4) is 17.3 Å². The number of imidazole rings is 2.